The predicted octanol–water partition coefficient (Wildman–Crippen LogP) is 2.98. The van der Waals surface area contributed by atoms with E-state index in [1.54, 1.807) is 10.8 Å². The fourth-order valence-electron chi connectivity index (χ4n) is 1.58. The first kappa shape index (κ1) is 13.2. The maximum absolute atomic E-state index is 13.0. The molecule has 0 aliphatic carbocycles. The molecule has 2 aromatic heterocycles. The second-order valence-corrected chi connectivity index (χ2v) is 5.41. The van der Waals surface area contributed by atoms with Crippen molar-refractivity contribution in [1.82, 2.24) is 9.97 Å². The Hall–Kier alpha value is -1.21. The number of carbonyl (C=O) groups is 1. The van der Waals surface area contributed by atoms with Crippen molar-refractivity contribution in [2.24, 2.45) is 0 Å². The van der Waals surface area contributed by atoms with Crippen LogP contribution in [-0.4, -0.2) is 29.1 Å². The van der Waals surface area contributed by atoms with Crippen molar-refractivity contribution < 1.29 is 13.6 Å². The fourth-order valence-corrected chi connectivity index (χ4v) is 3.04. The average Bonchev–Trinajstić information content (AvgIpc) is 3.03. The lowest BCUT2D eigenvalue weighted by atomic mass is 9.95. The van der Waals surface area contributed by atoms with Crippen LogP contribution < -0.4 is 0 Å². The van der Waals surface area contributed by atoms with Gasteiger partial charge in [-0.2, -0.15) is 0 Å². The van der Waals surface area contributed by atoms with Gasteiger partial charge in [-0.15, -0.1) is 22.7 Å². The van der Waals surface area contributed by atoms with Gasteiger partial charge in [0, 0.05) is 23.2 Å². The van der Waals surface area contributed by atoms with Crippen LogP contribution in [0.3, 0.4) is 0 Å². The third-order valence-electron chi connectivity index (χ3n) is 2.49. The topological polar surface area (TPSA) is 42.9 Å². The number of halogens is 2. The predicted molar refractivity (Wildman–Crippen MR) is 66.7 cm³/mol. The molecule has 0 bridgehead atoms. The van der Waals surface area contributed by atoms with Gasteiger partial charge in [-0.1, -0.05) is 0 Å². The van der Waals surface area contributed by atoms with E-state index in [0.29, 0.717) is 10.0 Å². The van der Waals surface area contributed by atoms with Gasteiger partial charge in [0.1, 0.15) is 23.4 Å². The van der Waals surface area contributed by atoms with Crippen molar-refractivity contribution in [3.63, 3.8) is 0 Å². The maximum atomic E-state index is 13.0. The Morgan fingerprint density at radius 2 is 1.50 bits per heavy atom. The molecule has 0 spiro atoms. The molecule has 0 amide bonds. The van der Waals surface area contributed by atoms with Crippen molar-refractivity contribution in [3.8, 4) is 0 Å². The summed E-state index contributed by atoms with van der Waals surface area (Å²) in [6.07, 6.45) is 3.01. The molecule has 0 saturated carbocycles. The van der Waals surface area contributed by atoms with Gasteiger partial charge >= 0.3 is 0 Å². The van der Waals surface area contributed by atoms with Crippen LogP contribution in [0.1, 0.15) is 21.9 Å². The van der Waals surface area contributed by atoms with Gasteiger partial charge in [-0.3, -0.25) is 4.79 Å². The Bertz CT molecular complexity index is 443. The van der Waals surface area contributed by atoms with Gasteiger partial charge in [-0.05, 0) is 0 Å². The highest BCUT2D eigenvalue weighted by molar-refractivity contribution is 7.10. The summed E-state index contributed by atoms with van der Waals surface area (Å²) < 4.78 is 26.0. The Balaban J connectivity index is 2.23. The largest absolute Gasteiger partial charge is 0.298 e. The van der Waals surface area contributed by atoms with E-state index in [1.807, 2.05) is 0 Å². The normalized spacial score (nSPS) is 14.3. The summed E-state index contributed by atoms with van der Waals surface area (Å²) in [7, 11) is 0. The van der Waals surface area contributed by atoms with E-state index < -0.39 is 31.0 Å². The minimum absolute atomic E-state index is 0.387. The first-order chi connectivity index (χ1) is 8.77. The maximum Gasteiger partial charge on any atom is 0.157 e. The number of hydrogen-bond donors (Lipinski definition) is 0. The van der Waals surface area contributed by atoms with Crippen LogP contribution >= 0.6 is 22.7 Å². The van der Waals surface area contributed by atoms with Crippen LogP contribution in [0, 0.1) is 0 Å². The van der Waals surface area contributed by atoms with Crippen molar-refractivity contribution >= 4 is 28.5 Å². The SMILES string of the molecule is O=C(C(CF)c1nccs1)C(CF)c1nccs1. The smallest absolute Gasteiger partial charge is 0.157 e. The van der Waals surface area contributed by atoms with E-state index in [0.717, 1.165) is 0 Å². The molecule has 0 radical (unpaired) electrons. The van der Waals surface area contributed by atoms with Crippen LogP contribution in [0.5, 0.6) is 0 Å². The molecular formula is C11H10F2N2OS2. The molecule has 18 heavy (non-hydrogen) atoms. The molecule has 2 rings (SSSR count). The Morgan fingerprint density at radius 3 is 1.78 bits per heavy atom. The number of hydrogen-bond acceptors (Lipinski definition) is 5. The molecule has 0 saturated heterocycles. The van der Waals surface area contributed by atoms with Crippen molar-refractivity contribution in [2.45, 2.75) is 11.8 Å². The molecule has 0 fully saturated rings. The minimum Gasteiger partial charge on any atom is -0.298 e. The second kappa shape index (κ2) is 6.10. The van der Waals surface area contributed by atoms with Crippen LogP contribution in [0.4, 0.5) is 8.78 Å². The highest BCUT2D eigenvalue weighted by atomic mass is 32.1. The van der Waals surface area contributed by atoms with Crippen molar-refractivity contribution in [3.05, 3.63) is 33.2 Å². The first-order valence-corrected chi connectivity index (χ1v) is 6.98. The quantitative estimate of drug-likeness (QED) is 0.820. The molecule has 2 aromatic rings. The first-order valence-electron chi connectivity index (χ1n) is 5.22. The summed E-state index contributed by atoms with van der Waals surface area (Å²) in [5.41, 5.74) is 0. The molecule has 0 aromatic carbocycles. The minimum atomic E-state index is -0.991. The number of alkyl halides is 2. The molecule has 0 aliphatic heterocycles. The summed E-state index contributed by atoms with van der Waals surface area (Å²) in [5, 5.41) is 4.10. The summed E-state index contributed by atoms with van der Waals surface area (Å²) in [5.74, 6) is -2.48. The van der Waals surface area contributed by atoms with E-state index in [1.165, 1.54) is 35.1 Å². The number of Topliss-reactive ketones (excluding diaryl/α,β-unsaturated/α-hetero) is 1. The van der Waals surface area contributed by atoms with E-state index in [-0.39, 0.29) is 0 Å². The highest BCUT2D eigenvalue weighted by Gasteiger charge is 2.32. The summed E-state index contributed by atoms with van der Waals surface area (Å²) in [4.78, 5) is 20.0. The number of carbonyl (C=O) groups excluding carboxylic acids is 1. The van der Waals surface area contributed by atoms with E-state index >= 15 is 0 Å². The molecule has 7 heteroatoms. The van der Waals surface area contributed by atoms with Gasteiger partial charge in [0.15, 0.2) is 5.78 Å². The number of aromatic nitrogens is 2. The Morgan fingerprint density at radius 1 is 1.06 bits per heavy atom. The van der Waals surface area contributed by atoms with Gasteiger partial charge in [0.25, 0.3) is 0 Å². The third kappa shape index (κ3) is 2.62. The summed E-state index contributed by atoms with van der Waals surface area (Å²) in [6.45, 7) is -1.73. The van der Waals surface area contributed by atoms with Crippen LogP contribution in [0.15, 0.2) is 23.2 Å². The number of rotatable bonds is 6. The zero-order chi connectivity index (χ0) is 13.0. The monoisotopic (exact) mass is 288 g/mol. The van der Waals surface area contributed by atoms with Crippen LogP contribution in [-0.2, 0) is 4.79 Å². The summed E-state index contributed by atoms with van der Waals surface area (Å²) >= 11 is 2.40. The zero-order valence-electron chi connectivity index (χ0n) is 9.25. The molecule has 0 N–H and O–H groups in total. The van der Waals surface area contributed by atoms with Gasteiger partial charge < -0.3 is 0 Å². The van der Waals surface area contributed by atoms with Gasteiger partial charge in [-0.25, -0.2) is 18.7 Å². The fraction of sp³-hybridized carbons (Fsp3) is 0.364. The molecule has 2 atom stereocenters. The van der Waals surface area contributed by atoms with Crippen LogP contribution in [0.25, 0.3) is 0 Å². The molecular weight excluding hydrogens is 278 g/mol. The standard InChI is InChI=1S/C11H10F2N2OS2/c12-5-7(10-14-1-3-17-10)9(16)8(6-13)11-15-2-4-18-11/h1-4,7-8H,5-6H2. The van der Waals surface area contributed by atoms with E-state index in [2.05, 4.69) is 9.97 Å². The number of thiazole rings is 2. The lowest BCUT2D eigenvalue weighted by Gasteiger charge is -2.14. The molecule has 96 valence electrons. The van der Waals surface area contributed by atoms with Crippen molar-refractivity contribution in [1.29, 1.82) is 0 Å². The highest BCUT2D eigenvalue weighted by Crippen LogP contribution is 2.29. The summed E-state index contributed by atoms with van der Waals surface area (Å²) in [6, 6.07) is 0. The molecule has 3 nitrogen and oxygen atoms in total. The number of ketones is 1. The van der Waals surface area contributed by atoms with Gasteiger partial charge in [0.2, 0.25) is 0 Å². The third-order valence-corrected chi connectivity index (χ3v) is 4.27. The second-order valence-electron chi connectivity index (χ2n) is 3.56. The zero-order valence-corrected chi connectivity index (χ0v) is 10.9. The Kier molecular flexibility index (Phi) is 4.48. The van der Waals surface area contributed by atoms with Crippen molar-refractivity contribution in [2.75, 3.05) is 13.3 Å². The van der Waals surface area contributed by atoms with Gasteiger partial charge in [0.05, 0.1) is 11.8 Å². The molecule has 2 unspecified atom stereocenters. The van der Waals surface area contributed by atoms with E-state index in [4.69, 9.17) is 0 Å². The van der Waals surface area contributed by atoms with E-state index in [9.17, 15) is 13.6 Å². The molecule has 0 aliphatic rings. The number of nitrogens with zero attached hydrogens (tertiary/aromatic N) is 2. The Labute approximate surface area is 111 Å². The van der Waals surface area contributed by atoms with Crippen LogP contribution in [0.2, 0.25) is 0 Å². The lowest BCUT2D eigenvalue weighted by molar-refractivity contribution is -0.122. The molecule has 2 heterocycles. The lowest BCUT2D eigenvalue weighted by Crippen LogP contribution is -2.23. The average molecular weight is 288 g/mol.